The number of hydrogen-bond donors (Lipinski definition) is 1. The highest BCUT2D eigenvalue weighted by atomic mass is 16.2. The Morgan fingerprint density at radius 1 is 1.35 bits per heavy atom. The van der Waals surface area contributed by atoms with Gasteiger partial charge in [0.05, 0.1) is 31.0 Å². The van der Waals surface area contributed by atoms with Gasteiger partial charge in [-0.1, -0.05) is 6.92 Å². The van der Waals surface area contributed by atoms with Crippen LogP contribution in [0.1, 0.15) is 18.3 Å². The number of carbonyl (C=O) groups excluding carboxylic acids is 2. The first kappa shape index (κ1) is 11.8. The molecule has 1 fully saturated rings. The Morgan fingerprint density at radius 3 is 2.53 bits per heavy atom. The van der Waals surface area contributed by atoms with E-state index in [2.05, 4.69) is 10.4 Å². The molecule has 2 heterocycles. The van der Waals surface area contributed by atoms with Gasteiger partial charge in [-0.2, -0.15) is 5.10 Å². The van der Waals surface area contributed by atoms with E-state index in [1.165, 1.54) is 4.90 Å². The summed E-state index contributed by atoms with van der Waals surface area (Å²) in [4.78, 5) is 24.5. The van der Waals surface area contributed by atoms with Gasteiger partial charge in [-0.3, -0.25) is 24.5 Å². The predicted octanol–water partition coefficient (Wildman–Crippen LogP) is -0.559. The molecule has 1 aliphatic heterocycles. The van der Waals surface area contributed by atoms with Crippen molar-refractivity contribution in [3.8, 4) is 0 Å². The maximum atomic E-state index is 11.6. The van der Waals surface area contributed by atoms with Gasteiger partial charge in [0.15, 0.2) is 0 Å². The summed E-state index contributed by atoms with van der Waals surface area (Å²) in [5.74, 6) is -0.360. The molecule has 1 aromatic heterocycles. The average molecular weight is 236 g/mol. The van der Waals surface area contributed by atoms with E-state index in [-0.39, 0.29) is 24.9 Å². The van der Waals surface area contributed by atoms with E-state index in [4.69, 9.17) is 0 Å². The van der Waals surface area contributed by atoms with Gasteiger partial charge in [-0.05, 0) is 12.5 Å². The first-order valence-corrected chi connectivity index (χ1v) is 5.67. The summed E-state index contributed by atoms with van der Waals surface area (Å²) >= 11 is 0. The second-order valence-electron chi connectivity index (χ2n) is 4.08. The number of imide groups is 1. The van der Waals surface area contributed by atoms with Crippen LogP contribution in [0.3, 0.4) is 0 Å². The second-order valence-corrected chi connectivity index (χ2v) is 4.08. The number of rotatable bonds is 3. The molecule has 1 saturated heterocycles. The van der Waals surface area contributed by atoms with Crippen molar-refractivity contribution in [2.75, 3.05) is 13.1 Å². The SMILES string of the molecule is CCc1cc(CN2C(=O)CNCC2=O)n(C)n1. The van der Waals surface area contributed by atoms with E-state index < -0.39 is 0 Å². The lowest BCUT2D eigenvalue weighted by Gasteiger charge is -2.25. The molecule has 6 heteroatoms. The molecule has 0 atom stereocenters. The van der Waals surface area contributed by atoms with Crippen LogP contribution in [-0.4, -0.2) is 39.6 Å². The largest absolute Gasteiger partial charge is 0.300 e. The van der Waals surface area contributed by atoms with Crippen LogP contribution in [0.25, 0.3) is 0 Å². The van der Waals surface area contributed by atoms with E-state index in [1.807, 2.05) is 20.0 Å². The first-order chi connectivity index (χ1) is 8.11. The van der Waals surface area contributed by atoms with Gasteiger partial charge in [0.25, 0.3) is 0 Å². The molecule has 2 rings (SSSR count). The van der Waals surface area contributed by atoms with Crippen LogP contribution in [0.4, 0.5) is 0 Å². The Labute approximate surface area is 99.6 Å². The Morgan fingerprint density at radius 2 is 2.00 bits per heavy atom. The molecule has 2 amide bonds. The van der Waals surface area contributed by atoms with Crippen LogP contribution in [0.2, 0.25) is 0 Å². The van der Waals surface area contributed by atoms with Crippen LogP contribution in [0.5, 0.6) is 0 Å². The quantitative estimate of drug-likeness (QED) is 0.714. The van der Waals surface area contributed by atoms with E-state index in [0.717, 1.165) is 17.8 Å². The molecule has 0 aliphatic carbocycles. The number of hydrogen-bond acceptors (Lipinski definition) is 4. The Balaban J connectivity index is 2.16. The molecule has 0 saturated carbocycles. The summed E-state index contributed by atoms with van der Waals surface area (Å²) in [5, 5.41) is 7.06. The smallest absolute Gasteiger partial charge is 0.243 e. The van der Waals surface area contributed by atoms with Gasteiger partial charge in [0.1, 0.15) is 0 Å². The van der Waals surface area contributed by atoms with Crippen LogP contribution in [0, 0.1) is 0 Å². The van der Waals surface area contributed by atoms with Crippen molar-refractivity contribution >= 4 is 11.8 Å². The molecule has 92 valence electrons. The number of nitrogens with one attached hydrogen (secondary N) is 1. The minimum absolute atomic E-state index is 0.180. The van der Waals surface area contributed by atoms with E-state index >= 15 is 0 Å². The normalized spacial score (nSPS) is 16.7. The monoisotopic (exact) mass is 236 g/mol. The highest BCUT2D eigenvalue weighted by molar-refractivity contribution is 5.99. The third-order valence-corrected chi connectivity index (χ3v) is 2.86. The van der Waals surface area contributed by atoms with Crippen LogP contribution in [0.15, 0.2) is 6.07 Å². The summed E-state index contributed by atoms with van der Waals surface area (Å²) in [6, 6.07) is 1.93. The first-order valence-electron chi connectivity index (χ1n) is 5.67. The van der Waals surface area contributed by atoms with Crippen molar-refractivity contribution in [3.05, 3.63) is 17.5 Å². The molecule has 0 aromatic carbocycles. The van der Waals surface area contributed by atoms with Crippen LogP contribution in [-0.2, 0) is 29.6 Å². The number of nitrogens with zero attached hydrogens (tertiary/aromatic N) is 3. The van der Waals surface area contributed by atoms with Gasteiger partial charge in [0, 0.05) is 7.05 Å². The van der Waals surface area contributed by atoms with E-state index in [1.54, 1.807) is 4.68 Å². The van der Waals surface area contributed by atoms with Gasteiger partial charge in [0.2, 0.25) is 11.8 Å². The number of carbonyl (C=O) groups is 2. The Bertz CT molecular complexity index is 436. The molecule has 1 aromatic rings. The Hall–Kier alpha value is -1.69. The van der Waals surface area contributed by atoms with E-state index in [9.17, 15) is 9.59 Å². The van der Waals surface area contributed by atoms with Crippen molar-refractivity contribution < 1.29 is 9.59 Å². The minimum Gasteiger partial charge on any atom is -0.300 e. The molecular formula is C11H16N4O2. The fraction of sp³-hybridized carbons (Fsp3) is 0.545. The fourth-order valence-electron chi connectivity index (χ4n) is 1.84. The van der Waals surface area contributed by atoms with Crippen molar-refractivity contribution in [1.82, 2.24) is 20.0 Å². The lowest BCUT2D eigenvalue weighted by molar-refractivity contribution is -0.147. The van der Waals surface area contributed by atoms with Crippen molar-refractivity contribution in [1.29, 1.82) is 0 Å². The number of aromatic nitrogens is 2. The molecule has 1 N–H and O–H groups in total. The number of amides is 2. The Kier molecular flexibility index (Phi) is 3.23. The average Bonchev–Trinajstić information content (AvgIpc) is 2.65. The summed E-state index contributed by atoms with van der Waals surface area (Å²) in [6.45, 7) is 2.78. The maximum Gasteiger partial charge on any atom is 0.243 e. The van der Waals surface area contributed by atoms with Crippen LogP contribution < -0.4 is 5.32 Å². The molecule has 1 aliphatic rings. The van der Waals surface area contributed by atoms with Gasteiger partial charge >= 0.3 is 0 Å². The minimum atomic E-state index is -0.180. The molecule has 0 spiro atoms. The van der Waals surface area contributed by atoms with Gasteiger partial charge in [-0.15, -0.1) is 0 Å². The topological polar surface area (TPSA) is 67.2 Å². The molecule has 0 radical (unpaired) electrons. The van der Waals surface area contributed by atoms with E-state index in [0.29, 0.717) is 6.54 Å². The maximum absolute atomic E-state index is 11.6. The summed E-state index contributed by atoms with van der Waals surface area (Å²) < 4.78 is 1.72. The van der Waals surface area contributed by atoms with Gasteiger partial charge in [-0.25, -0.2) is 0 Å². The summed E-state index contributed by atoms with van der Waals surface area (Å²) in [6.07, 6.45) is 0.845. The lowest BCUT2D eigenvalue weighted by atomic mass is 10.2. The predicted molar refractivity (Wildman–Crippen MR) is 61.0 cm³/mol. The van der Waals surface area contributed by atoms with Gasteiger partial charge < -0.3 is 0 Å². The third-order valence-electron chi connectivity index (χ3n) is 2.86. The zero-order valence-corrected chi connectivity index (χ0v) is 10.1. The number of piperazine rings is 1. The third kappa shape index (κ3) is 2.36. The zero-order valence-electron chi connectivity index (χ0n) is 10.1. The highest BCUT2D eigenvalue weighted by Gasteiger charge is 2.26. The lowest BCUT2D eigenvalue weighted by Crippen LogP contribution is -2.51. The fourth-order valence-corrected chi connectivity index (χ4v) is 1.84. The van der Waals surface area contributed by atoms with Crippen molar-refractivity contribution in [2.45, 2.75) is 19.9 Å². The number of aryl methyl sites for hydroxylation is 2. The second kappa shape index (κ2) is 4.67. The molecule has 6 nitrogen and oxygen atoms in total. The summed E-state index contributed by atoms with van der Waals surface area (Å²) in [7, 11) is 1.83. The molecule has 0 unspecified atom stereocenters. The van der Waals surface area contributed by atoms with Crippen molar-refractivity contribution in [2.24, 2.45) is 7.05 Å². The highest BCUT2D eigenvalue weighted by Crippen LogP contribution is 2.09. The molecule has 17 heavy (non-hydrogen) atoms. The van der Waals surface area contributed by atoms with Crippen molar-refractivity contribution in [3.63, 3.8) is 0 Å². The zero-order chi connectivity index (χ0) is 12.4. The molecule has 0 bridgehead atoms. The molecular weight excluding hydrogens is 220 g/mol. The standard InChI is InChI=1S/C11H16N4O2/c1-3-8-4-9(14(2)13-8)7-15-10(16)5-12-6-11(15)17/h4,12H,3,5-7H2,1-2H3. The summed E-state index contributed by atoms with van der Waals surface area (Å²) in [5.41, 5.74) is 1.85. The van der Waals surface area contributed by atoms with Crippen LogP contribution >= 0.6 is 0 Å².